The molecule has 0 bridgehead atoms. The first-order valence-corrected chi connectivity index (χ1v) is 6.71. The monoisotopic (exact) mass is 333 g/mol. The van der Waals surface area contributed by atoms with Crippen molar-refractivity contribution in [2.24, 2.45) is 5.84 Å². The van der Waals surface area contributed by atoms with Crippen molar-refractivity contribution in [2.45, 2.75) is 6.92 Å². The maximum atomic E-state index is 5.87. The predicted molar refractivity (Wildman–Crippen MR) is 79.8 cm³/mol. The Morgan fingerprint density at radius 1 is 1.40 bits per heavy atom. The smallest absolute Gasteiger partial charge is 0.265 e. The lowest BCUT2D eigenvalue weighted by molar-refractivity contribution is 0.462. The van der Waals surface area contributed by atoms with Gasteiger partial charge in [0, 0.05) is 16.9 Å². The number of ether oxygens (including phenoxy) is 1. The average Bonchev–Trinajstić information content (AvgIpc) is 2.90. The molecule has 2 aromatic heterocycles. The fourth-order valence-corrected chi connectivity index (χ4v) is 2.35. The van der Waals surface area contributed by atoms with E-state index in [0.717, 1.165) is 15.8 Å². The first-order valence-electron chi connectivity index (χ1n) is 5.91. The third kappa shape index (κ3) is 2.33. The molecule has 0 saturated carbocycles. The normalized spacial score (nSPS) is 10.8. The molecule has 3 N–H and O–H groups in total. The van der Waals surface area contributed by atoms with Crippen molar-refractivity contribution >= 4 is 27.4 Å². The lowest BCUT2D eigenvalue weighted by Gasteiger charge is -2.10. The molecular weight excluding hydrogens is 322 g/mol. The molecule has 0 fully saturated rings. The van der Waals surface area contributed by atoms with Crippen LogP contribution in [-0.2, 0) is 0 Å². The molecule has 3 rings (SSSR count). The summed E-state index contributed by atoms with van der Waals surface area (Å²) in [5.74, 6) is 7.03. The summed E-state index contributed by atoms with van der Waals surface area (Å²) in [7, 11) is 0. The number of rotatable bonds is 3. The van der Waals surface area contributed by atoms with Gasteiger partial charge in [0.1, 0.15) is 5.75 Å². The Balaban J connectivity index is 2.07. The van der Waals surface area contributed by atoms with E-state index in [9.17, 15) is 0 Å². The SMILES string of the molecule is Cc1cc(Br)ccc1Oc1nc(NN)cn2ccnc12. The number of nitrogens with two attached hydrogens (primary N) is 1. The highest BCUT2D eigenvalue weighted by atomic mass is 79.9. The minimum absolute atomic E-state index is 0.399. The summed E-state index contributed by atoms with van der Waals surface area (Å²) in [5, 5.41) is 0. The number of aromatic nitrogens is 3. The first-order chi connectivity index (χ1) is 9.67. The summed E-state index contributed by atoms with van der Waals surface area (Å²) in [6.45, 7) is 1.97. The number of nitrogens with one attached hydrogen (secondary N) is 1. The number of nitrogens with zero attached hydrogens (tertiary/aromatic N) is 3. The second-order valence-electron chi connectivity index (χ2n) is 4.25. The molecule has 0 aliphatic carbocycles. The van der Waals surface area contributed by atoms with E-state index in [1.165, 1.54) is 0 Å². The summed E-state index contributed by atoms with van der Waals surface area (Å²) < 4.78 is 8.66. The van der Waals surface area contributed by atoms with Crippen LogP contribution < -0.4 is 16.0 Å². The molecule has 0 spiro atoms. The molecule has 1 aromatic carbocycles. The average molecular weight is 334 g/mol. The van der Waals surface area contributed by atoms with Gasteiger partial charge in [-0.15, -0.1) is 0 Å². The number of hydrogen-bond acceptors (Lipinski definition) is 5. The molecule has 20 heavy (non-hydrogen) atoms. The molecule has 0 amide bonds. The number of imidazole rings is 1. The summed E-state index contributed by atoms with van der Waals surface area (Å²) >= 11 is 3.42. The molecular formula is C13H12BrN5O. The van der Waals surface area contributed by atoms with E-state index >= 15 is 0 Å². The third-order valence-electron chi connectivity index (χ3n) is 2.83. The second kappa shape index (κ2) is 5.10. The van der Waals surface area contributed by atoms with E-state index in [2.05, 4.69) is 31.3 Å². The van der Waals surface area contributed by atoms with Crippen molar-refractivity contribution in [1.82, 2.24) is 14.4 Å². The Morgan fingerprint density at radius 2 is 2.25 bits per heavy atom. The van der Waals surface area contributed by atoms with Crippen molar-refractivity contribution in [3.63, 3.8) is 0 Å². The minimum atomic E-state index is 0.399. The van der Waals surface area contributed by atoms with Gasteiger partial charge in [-0.1, -0.05) is 15.9 Å². The molecule has 102 valence electrons. The van der Waals surface area contributed by atoms with Crippen LogP contribution in [0.5, 0.6) is 11.6 Å². The fraction of sp³-hybridized carbons (Fsp3) is 0.0769. The van der Waals surface area contributed by atoms with Crippen LogP contribution in [0.2, 0.25) is 0 Å². The van der Waals surface area contributed by atoms with Gasteiger partial charge in [0.05, 0.1) is 6.20 Å². The van der Waals surface area contributed by atoms with Crippen molar-refractivity contribution < 1.29 is 4.74 Å². The highest BCUT2D eigenvalue weighted by Gasteiger charge is 2.11. The van der Waals surface area contributed by atoms with Crippen molar-refractivity contribution in [2.75, 3.05) is 5.43 Å². The Bertz CT molecular complexity index is 771. The zero-order chi connectivity index (χ0) is 14.1. The molecule has 7 heteroatoms. The largest absolute Gasteiger partial charge is 0.436 e. The van der Waals surface area contributed by atoms with E-state index in [-0.39, 0.29) is 0 Å². The van der Waals surface area contributed by atoms with Gasteiger partial charge in [0.2, 0.25) is 5.65 Å². The highest BCUT2D eigenvalue weighted by Crippen LogP contribution is 2.29. The van der Waals surface area contributed by atoms with E-state index < -0.39 is 0 Å². The quantitative estimate of drug-likeness (QED) is 0.569. The van der Waals surface area contributed by atoms with Crippen LogP contribution in [-0.4, -0.2) is 14.4 Å². The molecule has 0 aliphatic rings. The van der Waals surface area contributed by atoms with Gasteiger partial charge in [0.15, 0.2) is 5.82 Å². The standard InChI is InChI=1S/C13H12BrN5O/c1-8-6-9(14)2-3-10(8)20-13-12-16-4-5-19(12)7-11(17-13)18-15/h2-7,18H,15H2,1H3. The second-order valence-corrected chi connectivity index (χ2v) is 5.16. The topological polar surface area (TPSA) is 77.5 Å². The molecule has 0 unspecified atom stereocenters. The molecule has 0 aliphatic heterocycles. The molecule has 0 radical (unpaired) electrons. The summed E-state index contributed by atoms with van der Waals surface area (Å²) in [4.78, 5) is 8.53. The number of halogens is 1. The maximum absolute atomic E-state index is 5.87. The van der Waals surface area contributed by atoms with Crippen molar-refractivity contribution in [3.05, 3.63) is 46.8 Å². The maximum Gasteiger partial charge on any atom is 0.265 e. The van der Waals surface area contributed by atoms with E-state index in [1.807, 2.05) is 25.1 Å². The van der Waals surface area contributed by atoms with Gasteiger partial charge in [-0.05, 0) is 30.7 Å². The van der Waals surface area contributed by atoms with Gasteiger partial charge >= 0.3 is 0 Å². The van der Waals surface area contributed by atoms with E-state index in [4.69, 9.17) is 10.6 Å². The van der Waals surface area contributed by atoms with E-state index in [0.29, 0.717) is 17.3 Å². The number of benzene rings is 1. The Kier molecular flexibility index (Phi) is 3.29. The van der Waals surface area contributed by atoms with Gasteiger partial charge in [-0.25, -0.2) is 10.8 Å². The zero-order valence-electron chi connectivity index (χ0n) is 10.7. The van der Waals surface area contributed by atoms with Crippen LogP contribution in [0.25, 0.3) is 5.65 Å². The number of nitrogen functional groups attached to an aromatic ring is 1. The van der Waals surface area contributed by atoms with Crippen molar-refractivity contribution in [1.29, 1.82) is 0 Å². The summed E-state index contributed by atoms with van der Waals surface area (Å²) in [5.41, 5.74) is 4.14. The van der Waals surface area contributed by atoms with Gasteiger partial charge in [-0.3, -0.25) is 4.40 Å². The number of hydrogen-bond donors (Lipinski definition) is 2. The number of anilines is 1. The number of fused-ring (bicyclic) bond motifs is 1. The number of hydrazine groups is 1. The van der Waals surface area contributed by atoms with Crippen LogP contribution in [0.3, 0.4) is 0 Å². The molecule has 0 atom stereocenters. The Labute approximate surface area is 123 Å². The first kappa shape index (κ1) is 12.9. The van der Waals surface area contributed by atoms with Crippen LogP contribution in [0.4, 0.5) is 5.82 Å². The van der Waals surface area contributed by atoms with Crippen LogP contribution in [0, 0.1) is 6.92 Å². The van der Waals surface area contributed by atoms with E-state index in [1.54, 1.807) is 23.0 Å². The Hall–Kier alpha value is -2.12. The van der Waals surface area contributed by atoms with Gasteiger partial charge in [-0.2, -0.15) is 4.98 Å². The number of aryl methyl sites for hydroxylation is 1. The third-order valence-corrected chi connectivity index (χ3v) is 3.33. The highest BCUT2D eigenvalue weighted by molar-refractivity contribution is 9.10. The summed E-state index contributed by atoms with van der Waals surface area (Å²) in [6.07, 6.45) is 5.22. The van der Waals surface area contributed by atoms with Crippen LogP contribution in [0.15, 0.2) is 41.3 Å². The van der Waals surface area contributed by atoms with Gasteiger partial charge in [0.25, 0.3) is 5.88 Å². The lowest BCUT2D eigenvalue weighted by atomic mass is 10.2. The van der Waals surface area contributed by atoms with Crippen LogP contribution >= 0.6 is 15.9 Å². The van der Waals surface area contributed by atoms with Crippen LogP contribution in [0.1, 0.15) is 5.56 Å². The lowest BCUT2D eigenvalue weighted by Crippen LogP contribution is -2.10. The fourth-order valence-electron chi connectivity index (χ4n) is 1.87. The molecule has 2 heterocycles. The minimum Gasteiger partial charge on any atom is -0.436 e. The van der Waals surface area contributed by atoms with Crippen molar-refractivity contribution in [3.8, 4) is 11.6 Å². The predicted octanol–water partition coefficient (Wildman–Crippen LogP) is 2.88. The molecule has 3 aromatic rings. The summed E-state index contributed by atoms with van der Waals surface area (Å²) in [6, 6.07) is 5.77. The molecule has 6 nitrogen and oxygen atoms in total. The van der Waals surface area contributed by atoms with Gasteiger partial charge < -0.3 is 10.2 Å². The Morgan fingerprint density at radius 3 is 3.00 bits per heavy atom. The molecule has 0 saturated heterocycles. The zero-order valence-corrected chi connectivity index (χ0v) is 12.3.